The topological polar surface area (TPSA) is 35.5 Å². The number of ether oxygens (including phenoxy) is 2. The number of carbonyl (C=O) groups is 1. The molecular formula is C11H19O3. The quantitative estimate of drug-likeness (QED) is 0.653. The molecule has 0 heterocycles. The molecule has 1 aliphatic carbocycles. The molecule has 0 saturated heterocycles. The van der Waals surface area contributed by atoms with E-state index in [9.17, 15) is 4.79 Å². The van der Waals surface area contributed by atoms with Crippen LogP contribution in [0.5, 0.6) is 0 Å². The molecule has 1 radical (unpaired) electrons. The van der Waals surface area contributed by atoms with E-state index in [1.807, 2.05) is 13.8 Å². The summed E-state index contributed by atoms with van der Waals surface area (Å²) in [6.07, 6.45) is 5.59. The standard InChI is InChI=1S/C11H19O3/c1-3-9-13-10(12)14-11(2)7-5-4-6-8-11/h9H,3-8H2,1-2H3. The zero-order valence-electron chi connectivity index (χ0n) is 9.04. The molecule has 81 valence electrons. The molecule has 0 amide bonds. The van der Waals surface area contributed by atoms with Crippen molar-refractivity contribution in [1.29, 1.82) is 0 Å². The average Bonchev–Trinajstić information content (AvgIpc) is 2.15. The van der Waals surface area contributed by atoms with Crippen LogP contribution in [0.1, 0.15) is 52.4 Å². The van der Waals surface area contributed by atoms with Gasteiger partial charge in [-0.05, 0) is 39.0 Å². The van der Waals surface area contributed by atoms with E-state index in [0.717, 1.165) is 25.7 Å². The van der Waals surface area contributed by atoms with Gasteiger partial charge in [0.1, 0.15) is 12.2 Å². The van der Waals surface area contributed by atoms with E-state index >= 15 is 0 Å². The van der Waals surface area contributed by atoms with E-state index in [0.29, 0.717) is 6.42 Å². The number of carbonyl (C=O) groups excluding carboxylic acids is 1. The summed E-state index contributed by atoms with van der Waals surface area (Å²) >= 11 is 0. The lowest BCUT2D eigenvalue weighted by atomic mass is 9.86. The predicted octanol–water partition coefficient (Wildman–Crippen LogP) is 3.43. The Labute approximate surface area is 85.8 Å². The Balaban J connectivity index is 2.29. The zero-order valence-corrected chi connectivity index (χ0v) is 9.04. The third-order valence-electron chi connectivity index (χ3n) is 2.59. The lowest BCUT2D eigenvalue weighted by Gasteiger charge is -2.32. The second-order valence-corrected chi connectivity index (χ2v) is 4.06. The van der Waals surface area contributed by atoms with Crippen molar-refractivity contribution in [1.82, 2.24) is 0 Å². The molecule has 1 rings (SSSR count). The van der Waals surface area contributed by atoms with Crippen LogP contribution in [0, 0.1) is 6.61 Å². The molecule has 0 spiro atoms. The molecule has 14 heavy (non-hydrogen) atoms. The first-order valence-electron chi connectivity index (χ1n) is 5.37. The summed E-state index contributed by atoms with van der Waals surface area (Å²) in [5, 5.41) is 0. The first-order chi connectivity index (χ1) is 6.66. The molecule has 1 fully saturated rings. The molecule has 1 saturated carbocycles. The fourth-order valence-electron chi connectivity index (χ4n) is 1.78. The van der Waals surface area contributed by atoms with Gasteiger partial charge in [-0.1, -0.05) is 13.3 Å². The molecule has 3 heteroatoms. The highest BCUT2D eigenvalue weighted by atomic mass is 16.7. The number of rotatable bonds is 3. The van der Waals surface area contributed by atoms with Crippen molar-refractivity contribution < 1.29 is 14.3 Å². The van der Waals surface area contributed by atoms with Gasteiger partial charge in [0.05, 0.1) is 0 Å². The van der Waals surface area contributed by atoms with Gasteiger partial charge < -0.3 is 9.47 Å². The molecule has 0 atom stereocenters. The van der Waals surface area contributed by atoms with Crippen LogP contribution in [-0.2, 0) is 9.47 Å². The summed E-state index contributed by atoms with van der Waals surface area (Å²) in [6, 6.07) is 0. The minimum atomic E-state index is -0.559. The van der Waals surface area contributed by atoms with Crippen molar-refractivity contribution in [3.05, 3.63) is 6.61 Å². The maximum Gasteiger partial charge on any atom is 0.509 e. The summed E-state index contributed by atoms with van der Waals surface area (Å²) < 4.78 is 10.1. The molecule has 0 unspecified atom stereocenters. The second-order valence-electron chi connectivity index (χ2n) is 4.06. The summed E-state index contributed by atoms with van der Waals surface area (Å²) in [7, 11) is 0. The lowest BCUT2D eigenvalue weighted by Crippen LogP contribution is -2.33. The molecule has 0 aromatic rings. The number of hydrogen-bond donors (Lipinski definition) is 0. The van der Waals surface area contributed by atoms with Crippen LogP contribution in [0.2, 0.25) is 0 Å². The van der Waals surface area contributed by atoms with Gasteiger partial charge in [-0.15, -0.1) is 0 Å². The van der Waals surface area contributed by atoms with Crippen LogP contribution in [0.25, 0.3) is 0 Å². The van der Waals surface area contributed by atoms with Gasteiger partial charge >= 0.3 is 6.16 Å². The van der Waals surface area contributed by atoms with Crippen molar-refractivity contribution in [2.45, 2.75) is 58.0 Å². The zero-order chi connectivity index (χ0) is 10.4. The Morgan fingerprint density at radius 2 is 2.00 bits per heavy atom. The number of hydrogen-bond acceptors (Lipinski definition) is 3. The normalized spacial score (nSPS) is 20.1. The minimum absolute atomic E-state index is 0.295. The lowest BCUT2D eigenvalue weighted by molar-refractivity contribution is -0.0365. The molecule has 0 aliphatic heterocycles. The monoisotopic (exact) mass is 199 g/mol. The van der Waals surface area contributed by atoms with Crippen LogP contribution in [0.15, 0.2) is 0 Å². The van der Waals surface area contributed by atoms with Crippen LogP contribution < -0.4 is 0 Å². The SMILES string of the molecule is CC[CH]OC(=O)OC1(C)CCCCC1. The first-order valence-corrected chi connectivity index (χ1v) is 5.37. The molecule has 0 bridgehead atoms. The highest BCUT2D eigenvalue weighted by Gasteiger charge is 2.31. The van der Waals surface area contributed by atoms with Crippen LogP contribution in [0.4, 0.5) is 4.79 Å². The average molecular weight is 199 g/mol. The van der Waals surface area contributed by atoms with Gasteiger partial charge in [-0.2, -0.15) is 0 Å². The minimum Gasteiger partial charge on any atom is -0.428 e. The molecular weight excluding hydrogens is 180 g/mol. The van der Waals surface area contributed by atoms with E-state index in [1.54, 1.807) is 0 Å². The Morgan fingerprint density at radius 3 is 2.57 bits per heavy atom. The predicted molar refractivity (Wildman–Crippen MR) is 53.6 cm³/mol. The molecule has 0 N–H and O–H groups in total. The van der Waals surface area contributed by atoms with Gasteiger partial charge in [0.25, 0.3) is 0 Å². The molecule has 3 nitrogen and oxygen atoms in total. The van der Waals surface area contributed by atoms with Crippen LogP contribution in [-0.4, -0.2) is 11.8 Å². The largest absolute Gasteiger partial charge is 0.509 e. The van der Waals surface area contributed by atoms with Crippen molar-refractivity contribution in [2.75, 3.05) is 0 Å². The highest BCUT2D eigenvalue weighted by Crippen LogP contribution is 2.31. The summed E-state index contributed by atoms with van der Waals surface area (Å²) in [5.41, 5.74) is -0.295. The van der Waals surface area contributed by atoms with E-state index in [-0.39, 0.29) is 5.60 Å². The van der Waals surface area contributed by atoms with E-state index in [1.165, 1.54) is 13.0 Å². The summed E-state index contributed by atoms with van der Waals surface area (Å²) in [6.45, 7) is 5.36. The van der Waals surface area contributed by atoms with E-state index < -0.39 is 6.16 Å². The van der Waals surface area contributed by atoms with E-state index in [2.05, 4.69) is 0 Å². The Morgan fingerprint density at radius 1 is 1.36 bits per heavy atom. The summed E-state index contributed by atoms with van der Waals surface area (Å²) in [5.74, 6) is 0. The van der Waals surface area contributed by atoms with Crippen LogP contribution in [0.3, 0.4) is 0 Å². The maximum atomic E-state index is 11.2. The van der Waals surface area contributed by atoms with Gasteiger partial charge in [0.15, 0.2) is 0 Å². The second kappa shape index (κ2) is 5.23. The van der Waals surface area contributed by atoms with Crippen LogP contribution >= 0.6 is 0 Å². The van der Waals surface area contributed by atoms with Crippen molar-refractivity contribution in [2.24, 2.45) is 0 Å². The maximum absolute atomic E-state index is 11.2. The summed E-state index contributed by atoms with van der Waals surface area (Å²) in [4.78, 5) is 11.2. The third-order valence-corrected chi connectivity index (χ3v) is 2.59. The van der Waals surface area contributed by atoms with Crippen molar-refractivity contribution in [3.8, 4) is 0 Å². The Hall–Kier alpha value is -0.730. The smallest absolute Gasteiger partial charge is 0.428 e. The van der Waals surface area contributed by atoms with Gasteiger partial charge in [0.2, 0.25) is 0 Å². The Kier molecular flexibility index (Phi) is 4.23. The first kappa shape index (κ1) is 11.3. The fraction of sp³-hybridized carbons (Fsp3) is 0.818. The molecule has 0 aromatic carbocycles. The van der Waals surface area contributed by atoms with Gasteiger partial charge in [-0.25, -0.2) is 4.79 Å². The fourth-order valence-corrected chi connectivity index (χ4v) is 1.78. The van der Waals surface area contributed by atoms with Gasteiger partial charge in [0, 0.05) is 0 Å². The Bertz CT molecular complexity index is 183. The van der Waals surface area contributed by atoms with Crippen molar-refractivity contribution >= 4 is 6.16 Å². The molecule has 1 aliphatic rings. The van der Waals surface area contributed by atoms with Crippen molar-refractivity contribution in [3.63, 3.8) is 0 Å². The van der Waals surface area contributed by atoms with E-state index in [4.69, 9.17) is 9.47 Å². The third kappa shape index (κ3) is 3.56. The van der Waals surface area contributed by atoms with Gasteiger partial charge in [-0.3, -0.25) is 0 Å². The molecule has 0 aromatic heterocycles. The highest BCUT2D eigenvalue weighted by molar-refractivity contribution is 5.61.